The number of hydrogen-bond acceptors (Lipinski definition) is 4. The van der Waals surface area contributed by atoms with Gasteiger partial charge in [0.15, 0.2) is 0 Å². The molecule has 0 saturated carbocycles. The van der Waals surface area contributed by atoms with Gasteiger partial charge in [0.05, 0.1) is 12.8 Å². The first-order valence-corrected chi connectivity index (χ1v) is 6.69. The van der Waals surface area contributed by atoms with E-state index in [0.717, 1.165) is 23.6 Å². The van der Waals surface area contributed by atoms with Crippen molar-refractivity contribution in [1.82, 2.24) is 4.90 Å². The summed E-state index contributed by atoms with van der Waals surface area (Å²) in [5.74, 6) is -0.573. The molecule has 0 aliphatic carbocycles. The van der Waals surface area contributed by atoms with E-state index in [1.54, 1.807) is 12.0 Å². The fourth-order valence-electron chi connectivity index (χ4n) is 2.31. The first-order chi connectivity index (χ1) is 10.1. The third kappa shape index (κ3) is 3.75. The van der Waals surface area contributed by atoms with E-state index in [0.29, 0.717) is 26.2 Å². The molecule has 2 rings (SSSR count). The van der Waals surface area contributed by atoms with Crippen LogP contribution in [0.5, 0.6) is 5.75 Å². The second-order valence-corrected chi connectivity index (χ2v) is 4.66. The third-order valence-electron chi connectivity index (χ3n) is 3.39. The zero-order valence-corrected chi connectivity index (χ0v) is 11.9. The Kier molecular flexibility index (Phi) is 4.81. The van der Waals surface area contributed by atoms with Crippen molar-refractivity contribution in [3.8, 4) is 5.75 Å². The van der Waals surface area contributed by atoms with Crippen molar-refractivity contribution in [3.63, 3.8) is 0 Å². The molecule has 6 nitrogen and oxygen atoms in total. The Morgan fingerprint density at radius 1 is 1.14 bits per heavy atom. The van der Waals surface area contributed by atoms with E-state index in [1.807, 2.05) is 24.3 Å². The van der Waals surface area contributed by atoms with Crippen molar-refractivity contribution < 1.29 is 19.4 Å². The molecule has 1 N–H and O–H groups in total. The number of anilines is 1. The van der Waals surface area contributed by atoms with Crippen LogP contribution in [-0.4, -0.2) is 55.2 Å². The van der Waals surface area contributed by atoms with Crippen LogP contribution in [0.3, 0.4) is 0 Å². The molecule has 21 heavy (non-hydrogen) atoms. The highest BCUT2D eigenvalue weighted by molar-refractivity contribution is 5.94. The average molecular weight is 290 g/mol. The Bertz CT molecular complexity index is 548. The number of carboxylic acids is 1. The topological polar surface area (TPSA) is 70.1 Å². The van der Waals surface area contributed by atoms with E-state index in [2.05, 4.69) is 4.90 Å². The van der Waals surface area contributed by atoms with Crippen LogP contribution < -0.4 is 9.64 Å². The number of amides is 1. The lowest BCUT2D eigenvalue weighted by atomic mass is 10.2. The number of para-hydroxylation sites is 2. The summed E-state index contributed by atoms with van der Waals surface area (Å²) < 4.78 is 5.34. The molecule has 0 bridgehead atoms. The average Bonchev–Trinajstić information content (AvgIpc) is 2.52. The minimum Gasteiger partial charge on any atom is -0.495 e. The lowest BCUT2D eigenvalue weighted by Crippen LogP contribution is -2.48. The molecule has 0 spiro atoms. The maximum Gasteiger partial charge on any atom is 0.328 e. The standard InChI is InChI=1S/C15H18N2O4/c1-21-13-5-3-2-4-12(13)16-8-10-17(11-9-16)14(18)6-7-15(19)20/h2-7H,8-11H2,1H3,(H,19,20)/b7-6+. The predicted molar refractivity (Wildman–Crippen MR) is 78.6 cm³/mol. The summed E-state index contributed by atoms with van der Waals surface area (Å²) in [6, 6.07) is 7.76. The van der Waals surface area contributed by atoms with Gasteiger partial charge in [0, 0.05) is 38.3 Å². The monoisotopic (exact) mass is 290 g/mol. The number of carbonyl (C=O) groups is 2. The minimum atomic E-state index is -1.11. The van der Waals surface area contributed by atoms with Gasteiger partial charge in [0.2, 0.25) is 5.91 Å². The van der Waals surface area contributed by atoms with Crippen LogP contribution in [0.1, 0.15) is 0 Å². The number of aliphatic carboxylic acids is 1. The van der Waals surface area contributed by atoms with E-state index in [4.69, 9.17) is 9.84 Å². The van der Waals surface area contributed by atoms with Crippen LogP contribution in [0.15, 0.2) is 36.4 Å². The van der Waals surface area contributed by atoms with E-state index in [9.17, 15) is 9.59 Å². The Balaban J connectivity index is 1.97. The fourth-order valence-corrected chi connectivity index (χ4v) is 2.31. The Labute approximate surface area is 123 Å². The van der Waals surface area contributed by atoms with Crippen LogP contribution in [0.2, 0.25) is 0 Å². The Morgan fingerprint density at radius 2 is 1.81 bits per heavy atom. The van der Waals surface area contributed by atoms with Gasteiger partial charge in [0.25, 0.3) is 0 Å². The molecule has 1 fully saturated rings. The number of methoxy groups -OCH3 is 1. The maximum absolute atomic E-state index is 11.8. The van der Waals surface area contributed by atoms with Gasteiger partial charge < -0.3 is 19.6 Å². The number of hydrogen-bond donors (Lipinski definition) is 1. The van der Waals surface area contributed by atoms with Crippen molar-refractivity contribution in [1.29, 1.82) is 0 Å². The van der Waals surface area contributed by atoms with Crippen LogP contribution in [0, 0.1) is 0 Å². The fraction of sp³-hybridized carbons (Fsp3) is 0.333. The van der Waals surface area contributed by atoms with E-state index in [1.165, 1.54) is 0 Å². The smallest absolute Gasteiger partial charge is 0.328 e. The number of carbonyl (C=O) groups excluding carboxylic acids is 1. The first kappa shape index (κ1) is 14.9. The van der Waals surface area contributed by atoms with Gasteiger partial charge in [0.1, 0.15) is 5.75 Å². The normalized spacial score (nSPS) is 15.3. The largest absolute Gasteiger partial charge is 0.495 e. The molecule has 1 heterocycles. The number of nitrogens with zero attached hydrogens (tertiary/aromatic N) is 2. The molecule has 1 saturated heterocycles. The summed E-state index contributed by atoms with van der Waals surface area (Å²) in [5.41, 5.74) is 1.01. The van der Waals surface area contributed by atoms with Gasteiger partial charge in [-0.25, -0.2) is 4.79 Å². The van der Waals surface area contributed by atoms with Crippen LogP contribution in [0.4, 0.5) is 5.69 Å². The van der Waals surface area contributed by atoms with Gasteiger partial charge >= 0.3 is 5.97 Å². The van der Waals surface area contributed by atoms with Crippen molar-refractivity contribution >= 4 is 17.6 Å². The number of piperazine rings is 1. The lowest BCUT2D eigenvalue weighted by molar-refractivity contribution is -0.132. The second-order valence-electron chi connectivity index (χ2n) is 4.66. The molecule has 0 radical (unpaired) electrons. The lowest BCUT2D eigenvalue weighted by Gasteiger charge is -2.36. The highest BCUT2D eigenvalue weighted by Gasteiger charge is 2.21. The van der Waals surface area contributed by atoms with Crippen LogP contribution in [0.25, 0.3) is 0 Å². The molecular weight excluding hydrogens is 272 g/mol. The van der Waals surface area contributed by atoms with E-state index >= 15 is 0 Å². The van der Waals surface area contributed by atoms with Crippen molar-refractivity contribution in [2.45, 2.75) is 0 Å². The predicted octanol–water partition coefficient (Wildman–Crippen LogP) is 0.985. The van der Waals surface area contributed by atoms with Gasteiger partial charge in [-0.2, -0.15) is 0 Å². The summed E-state index contributed by atoms with van der Waals surface area (Å²) in [6.07, 6.45) is 1.97. The van der Waals surface area contributed by atoms with Gasteiger partial charge in [-0.15, -0.1) is 0 Å². The Hall–Kier alpha value is -2.50. The molecule has 1 aromatic carbocycles. The SMILES string of the molecule is COc1ccccc1N1CCN(C(=O)/C=C/C(=O)O)CC1. The quantitative estimate of drug-likeness (QED) is 0.837. The zero-order chi connectivity index (χ0) is 15.2. The third-order valence-corrected chi connectivity index (χ3v) is 3.39. The molecule has 0 atom stereocenters. The molecule has 112 valence electrons. The molecule has 0 unspecified atom stereocenters. The van der Waals surface area contributed by atoms with Crippen molar-refractivity contribution in [2.75, 3.05) is 38.2 Å². The summed E-state index contributed by atoms with van der Waals surface area (Å²) >= 11 is 0. The zero-order valence-electron chi connectivity index (χ0n) is 11.9. The number of ether oxygens (including phenoxy) is 1. The van der Waals surface area contributed by atoms with Crippen molar-refractivity contribution in [3.05, 3.63) is 36.4 Å². The number of carboxylic acid groups (broad SMARTS) is 1. The minimum absolute atomic E-state index is 0.267. The molecule has 1 aliphatic rings. The molecule has 0 aromatic heterocycles. The number of rotatable bonds is 4. The molecular formula is C15H18N2O4. The Morgan fingerprint density at radius 3 is 2.43 bits per heavy atom. The summed E-state index contributed by atoms with van der Waals surface area (Å²) in [7, 11) is 1.63. The highest BCUT2D eigenvalue weighted by atomic mass is 16.5. The summed E-state index contributed by atoms with van der Waals surface area (Å²) in [6.45, 7) is 2.49. The van der Waals surface area contributed by atoms with E-state index < -0.39 is 5.97 Å². The van der Waals surface area contributed by atoms with Crippen LogP contribution >= 0.6 is 0 Å². The molecule has 1 aromatic rings. The summed E-state index contributed by atoms with van der Waals surface area (Å²) in [5, 5.41) is 8.53. The highest BCUT2D eigenvalue weighted by Crippen LogP contribution is 2.28. The van der Waals surface area contributed by atoms with Crippen LogP contribution in [-0.2, 0) is 9.59 Å². The van der Waals surface area contributed by atoms with Gasteiger partial charge in [-0.1, -0.05) is 12.1 Å². The summed E-state index contributed by atoms with van der Waals surface area (Å²) in [4.78, 5) is 26.0. The van der Waals surface area contributed by atoms with Crippen molar-refractivity contribution in [2.24, 2.45) is 0 Å². The molecule has 6 heteroatoms. The maximum atomic E-state index is 11.8. The number of benzene rings is 1. The molecule has 1 amide bonds. The first-order valence-electron chi connectivity index (χ1n) is 6.69. The van der Waals surface area contributed by atoms with Gasteiger partial charge in [-0.3, -0.25) is 4.79 Å². The van der Waals surface area contributed by atoms with E-state index in [-0.39, 0.29) is 5.91 Å². The van der Waals surface area contributed by atoms with Gasteiger partial charge in [-0.05, 0) is 12.1 Å². The molecule has 1 aliphatic heterocycles. The second kappa shape index (κ2) is 6.78.